The Kier molecular flexibility index (Phi) is 7.04. The number of hydrogen-bond donors (Lipinski definition) is 0. The summed E-state index contributed by atoms with van der Waals surface area (Å²) in [5, 5.41) is 0. The van der Waals surface area contributed by atoms with Crippen LogP contribution in [0, 0.1) is 0 Å². The zero-order valence-corrected chi connectivity index (χ0v) is 18.6. The SMILES string of the molecule is CC(=O)O[C@H]1[C@@H](OC(=O)c2ccccc2)[C@H](OC(C)=O)[C@@H]2O[C@H]1[C@H](OCc1ccccc1)C2=O. The predicted molar refractivity (Wildman–Crippen MR) is 115 cm³/mol. The van der Waals surface area contributed by atoms with Gasteiger partial charge in [-0.3, -0.25) is 14.4 Å². The van der Waals surface area contributed by atoms with Gasteiger partial charge in [0.1, 0.15) is 12.2 Å². The molecular formula is C25H24O9. The third-order valence-corrected chi connectivity index (χ3v) is 5.56. The zero-order valence-electron chi connectivity index (χ0n) is 18.6. The van der Waals surface area contributed by atoms with E-state index in [-0.39, 0.29) is 12.2 Å². The van der Waals surface area contributed by atoms with Crippen molar-refractivity contribution in [3.63, 3.8) is 0 Å². The van der Waals surface area contributed by atoms with Crippen LogP contribution < -0.4 is 0 Å². The monoisotopic (exact) mass is 468 g/mol. The quantitative estimate of drug-likeness (QED) is 0.445. The van der Waals surface area contributed by atoms with Crippen LogP contribution in [0.4, 0.5) is 0 Å². The van der Waals surface area contributed by atoms with Crippen molar-refractivity contribution in [2.75, 3.05) is 0 Å². The summed E-state index contributed by atoms with van der Waals surface area (Å²) < 4.78 is 28.2. The summed E-state index contributed by atoms with van der Waals surface area (Å²) in [6, 6.07) is 17.4. The fourth-order valence-electron chi connectivity index (χ4n) is 4.15. The lowest BCUT2D eigenvalue weighted by Gasteiger charge is -2.39. The second-order valence-electron chi connectivity index (χ2n) is 8.02. The first kappa shape index (κ1) is 23.6. The summed E-state index contributed by atoms with van der Waals surface area (Å²) in [4.78, 5) is 49.8. The smallest absolute Gasteiger partial charge is 0.338 e. The number of esters is 3. The summed E-state index contributed by atoms with van der Waals surface area (Å²) in [5.74, 6) is -2.61. The molecule has 0 aromatic heterocycles. The maximum Gasteiger partial charge on any atom is 0.338 e. The van der Waals surface area contributed by atoms with E-state index in [1.807, 2.05) is 30.3 Å². The summed E-state index contributed by atoms with van der Waals surface area (Å²) >= 11 is 0. The molecule has 9 nitrogen and oxygen atoms in total. The zero-order chi connectivity index (χ0) is 24.2. The molecular weight excluding hydrogens is 444 g/mol. The Morgan fingerprint density at radius 2 is 1.38 bits per heavy atom. The highest BCUT2D eigenvalue weighted by atomic mass is 16.7. The number of Topliss-reactive ketones (excluding diaryl/α,β-unsaturated/α-hetero) is 1. The number of carbonyl (C=O) groups excluding carboxylic acids is 4. The van der Waals surface area contributed by atoms with Crippen LogP contribution >= 0.6 is 0 Å². The van der Waals surface area contributed by atoms with Crippen LogP contribution in [0.5, 0.6) is 0 Å². The number of hydrogen-bond acceptors (Lipinski definition) is 9. The highest BCUT2D eigenvalue weighted by Gasteiger charge is 2.63. The van der Waals surface area contributed by atoms with Gasteiger partial charge in [0.25, 0.3) is 0 Å². The van der Waals surface area contributed by atoms with E-state index in [1.165, 1.54) is 6.92 Å². The van der Waals surface area contributed by atoms with Gasteiger partial charge in [-0.2, -0.15) is 0 Å². The number of ketones is 1. The molecule has 0 saturated carbocycles. The second kappa shape index (κ2) is 10.1. The average Bonchev–Trinajstić information content (AvgIpc) is 3.11. The van der Waals surface area contributed by atoms with Gasteiger partial charge in [0.2, 0.25) is 0 Å². The molecule has 2 fully saturated rings. The maximum absolute atomic E-state index is 13.2. The van der Waals surface area contributed by atoms with Crippen molar-refractivity contribution in [2.45, 2.75) is 57.1 Å². The average molecular weight is 468 g/mol. The van der Waals surface area contributed by atoms with Crippen molar-refractivity contribution >= 4 is 23.7 Å². The maximum atomic E-state index is 13.2. The van der Waals surface area contributed by atoms with Gasteiger partial charge in [-0.15, -0.1) is 0 Å². The van der Waals surface area contributed by atoms with E-state index in [2.05, 4.69) is 0 Å². The summed E-state index contributed by atoms with van der Waals surface area (Å²) in [6.07, 6.45) is -7.24. The molecule has 2 aliphatic heterocycles. The molecule has 2 saturated heterocycles. The molecule has 0 radical (unpaired) electrons. The Morgan fingerprint density at radius 3 is 2.00 bits per heavy atom. The lowest BCUT2D eigenvalue weighted by molar-refractivity contribution is -0.227. The van der Waals surface area contributed by atoms with E-state index in [0.29, 0.717) is 0 Å². The molecule has 2 aromatic carbocycles. The summed E-state index contributed by atoms with van der Waals surface area (Å²) in [6.45, 7) is 2.44. The van der Waals surface area contributed by atoms with Crippen LogP contribution in [0.15, 0.2) is 60.7 Å². The molecule has 0 spiro atoms. The third-order valence-electron chi connectivity index (χ3n) is 5.56. The van der Waals surface area contributed by atoms with E-state index in [0.717, 1.165) is 12.5 Å². The molecule has 2 aliphatic rings. The molecule has 0 amide bonds. The van der Waals surface area contributed by atoms with Crippen LogP contribution in [0.25, 0.3) is 0 Å². The number of fused-ring (bicyclic) bond motifs is 2. The number of rotatable bonds is 7. The second-order valence-corrected chi connectivity index (χ2v) is 8.02. The van der Waals surface area contributed by atoms with Crippen LogP contribution in [-0.4, -0.2) is 60.3 Å². The lowest BCUT2D eigenvalue weighted by Crippen LogP contribution is -2.59. The molecule has 34 heavy (non-hydrogen) atoms. The van der Waals surface area contributed by atoms with E-state index >= 15 is 0 Å². The first-order valence-electron chi connectivity index (χ1n) is 10.8. The van der Waals surface area contributed by atoms with Gasteiger partial charge in [0.05, 0.1) is 12.2 Å². The van der Waals surface area contributed by atoms with Gasteiger partial charge in [-0.1, -0.05) is 48.5 Å². The van der Waals surface area contributed by atoms with Crippen LogP contribution in [0.2, 0.25) is 0 Å². The molecule has 2 heterocycles. The van der Waals surface area contributed by atoms with Crippen molar-refractivity contribution in [3.05, 3.63) is 71.8 Å². The lowest BCUT2D eigenvalue weighted by atomic mass is 9.99. The first-order chi connectivity index (χ1) is 16.3. The first-order valence-corrected chi connectivity index (χ1v) is 10.8. The van der Waals surface area contributed by atoms with Crippen LogP contribution in [0.3, 0.4) is 0 Å². The molecule has 9 heteroatoms. The van der Waals surface area contributed by atoms with Crippen molar-refractivity contribution in [3.8, 4) is 0 Å². The highest BCUT2D eigenvalue weighted by molar-refractivity contribution is 5.92. The molecule has 0 N–H and O–H groups in total. The standard InChI is InChI=1S/C25H24O9/c1-14(26)31-22-20-18(28)19(30-13-16-9-5-3-6-10-16)21(33-20)23(32-15(2)27)24(22)34-25(29)17-11-7-4-8-12-17/h3-12,19-24H,13H2,1-2H3/t19-,20-,21+,22-,23-,24+/m1/s1. The van der Waals surface area contributed by atoms with E-state index in [9.17, 15) is 19.2 Å². The van der Waals surface area contributed by atoms with Gasteiger partial charge < -0.3 is 23.7 Å². The van der Waals surface area contributed by atoms with E-state index in [1.54, 1.807) is 30.3 Å². The Morgan fingerprint density at radius 1 is 0.794 bits per heavy atom. The van der Waals surface area contributed by atoms with Crippen molar-refractivity contribution < 1.29 is 42.9 Å². The minimum absolute atomic E-state index is 0.101. The molecule has 0 unspecified atom stereocenters. The van der Waals surface area contributed by atoms with Gasteiger partial charge in [-0.05, 0) is 17.7 Å². The Balaban J connectivity index is 1.64. The van der Waals surface area contributed by atoms with E-state index < -0.39 is 60.3 Å². The van der Waals surface area contributed by atoms with Crippen molar-refractivity contribution in [2.24, 2.45) is 0 Å². The van der Waals surface area contributed by atoms with Crippen molar-refractivity contribution in [1.29, 1.82) is 0 Å². The van der Waals surface area contributed by atoms with Gasteiger partial charge in [0, 0.05) is 13.8 Å². The van der Waals surface area contributed by atoms with Gasteiger partial charge in [-0.25, -0.2) is 4.79 Å². The molecule has 2 bridgehead atoms. The van der Waals surface area contributed by atoms with Crippen LogP contribution in [-0.2, 0) is 44.7 Å². The Bertz CT molecular complexity index is 1050. The van der Waals surface area contributed by atoms with Gasteiger partial charge >= 0.3 is 17.9 Å². The van der Waals surface area contributed by atoms with Crippen molar-refractivity contribution in [1.82, 2.24) is 0 Å². The number of carbonyl (C=O) groups is 4. The fourth-order valence-corrected chi connectivity index (χ4v) is 4.15. The topological polar surface area (TPSA) is 114 Å². The Hall–Kier alpha value is -3.56. The Labute approximate surface area is 195 Å². The van der Waals surface area contributed by atoms with Crippen LogP contribution in [0.1, 0.15) is 29.8 Å². The number of ether oxygens (including phenoxy) is 5. The fraction of sp³-hybridized carbons (Fsp3) is 0.360. The summed E-state index contributed by atoms with van der Waals surface area (Å²) in [7, 11) is 0. The number of benzene rings is 2. The highest BCUT2D eigenvalue weighted by Crippen LogP contribution is 2.38. The normalized spacial score (nSPS) is 27.6. The molecule has 178 valence electrons. The molecule has 4 rings (SSSR count). The third kappa shape index (κ3) is 5.00. The molecule has 6 atom stereocenters. The minimum atomic E-state index is -1.32. The minimum Gasteiger partial charge on any atom is -0.456 e. The molecule has 2 aromatic rings. The summed E-state index contributed by atoms with van der Waals surface area (Å²) in [5.41, 5.74) is 1.07. The van der Waals surface area contributed by atoms with E-state index in [4.69, 9.17) is 23.7 Å². The van der Waals surface area contributed by atoms with Gasteiger partial charge in [0.15, 0.2) is 30.2 Å². The molecule has 0 aliphatic carbocycles. The predicted octanol–water partition coefficient (Wildman–Crippen LogP) is 2.01. The largest absolute Gasteiger partial charge is 0.456 e.